The van der Waals surface area contributed by atoms with Gasteiger partial charge in [0.25, 0.3) is 0 Å². The van der Waals surface area contributed by atoms with Crippen LogP contribution in [-0.4, -0.2) is 29.1 Å². The third kappa shape index (κ3) is 4.69. The minimum absolute atomic E-state index is 0.291. The van der Waals surface area contributed by atoms with Crippen molar-refractivity contribution in [1.82, 2.24) is 9.88 Å². The second-order valence-corrected chi connectivity index (χ2v) is 11.2. The summed E-state index contributed by atoms with van der Waals surface area (Å²) in [4.78, 5) is 18.9. The molecule has 0 spiro atoms. The predicted molar refractivity (Wildman–Crippen MR) is 147 cm³/mol. The monoisotopic (exact) mass is 514 g/mol. The quantitative estimate of drug-likeness (QED) is 0.295. The van der Waals surface area contributed by atoms with Gasteiger partial charge in [-0.2, -0.15) is 0 Å². The lowest BCUT2D eigenvalue weighted by Gasteiger charge is -2.38. The summed E-state index contributed by atoms with van der Waals surface area (Å²) in [6.07, 6.45) is 4.08. The molecule has 1 saturated carbocycles. The van der Waals surface area contributed by atoms with Crippen molar-refractivity contribution in [3.8, 4) is 11.5 Å². The van der Waals surface area contributed by atoms with Crippen molar-refractivity contribution >= 4 is 28.6 Å². The van der Waals surface area contributed by atoms with E-state index in [0.717, 1.165) is 46.5 Å². The summed E-state index contributed by atoms with van der Waals surface area (Å²) in [6, 6.07) is 21.3. The van der Waals surface area contributed by atoms with Crippen LogP contribution in [0.1, 0.15) is 54.6 Å². The number of rotatable bonds is 5. The molecule has 4 aromatic rings. The van der Waals surface area contributed by atoms with Gasteiger partial charge in [-0.05, 0) is 79.8 Å². The number of carbonyl (C=O) groups excluding carboxylic acids is 1. The van der Waals surface area contributed by atoms with Crippen LogP contribution in [0, 0.1) is 12.3 Å². The van der Waals surface area contributed by atoms with Crippen molar-refractivity contribution in [1.29, 1.82) is 0 Å². The Balaban J connectivity index is 1.33. The Hall–Kier alpha value is -3.44. The lowest BCUT2D eigenvalue weighted by molar-refractivity contribution is 0.0775. The van der Waals surface area contributed by atoms with E-state index in [4.69, 9.17) is 21.1 Å². The molecule has 0 radical (unpaired) electrons. The first kappa shape index (κ1) is 23.9. The van der Waals surface area contributed by atoms with Gasteiger partial charge in [0.1, 0.15) is 17.5 Å². The number of aromatic amines is 1. The maximum Gasteiger partial charge on any atom is 0.416 e. The first-order valence-electron chi connectivity index (χ1n) is 13.0. The Morgan fingerprint density at radius 3 is 2.49 bits per heavy atom. The Morgan fingerprint density at radius 1 is 1.05 bits per heavy atom. The first-order valence-corrected chi connectivity index (χ1v) is 13.3. The maximum absolute atomic E-state index is 13.5. The van der Waals surface area contributed by atoms with Crippen molar-refractivity contribution in [2.24, 2.45) is 5.41 Å². The smallest absolute Gasteiger partial charge is 0.416 e. The fourth-order valence-electron chi connectivity index (χ4n) is 5.50. The lowest BCUT2D eigenvalue weighted by Crippen LogP contribution is -2.42. The predicted octanol–water partition coefficient (Wildman–Crippen LogP) is 7.85. The van der Waals surface area contributed by atoms with E-state index in [1.54, 1.807) is 0 Å². The topological polar surface area (TPSA) is 54.6 Å². The van der Waals surface area contributed by atoms with E-state index < -0.39 is 0 Å². The fraction of sp³-hybridized carbons (Fsp3) is 0.323. The van der Waals surface area contributed by atoms with Gasteiger partial charge < -0.3 is 14.5 Å². The zero-order valence-electron chi connectivity index (χ0n) is 21.2. The highest BCUT2D eigenvalue weighted by Crippen LogP contribution is 2.42. The molecule has 6 heteroatoms. The standard InChI is InChI=1S/C31H31ClN2O3/c1-20-4-9-24(10-5-20)37-30(35)34-17-14-25-26-18-22(32)8-13-27(26)33-28(25)29(34)21-6-11-23(12-7-21)36-19-31(2)15-3-16-31/h4-13,18,29,33H,3,14-17,19H2,1-2H3. The number of halogens is 1. The number of H-pyrrole nitrogens is 1. The van der Waals surface area contributed by atoms with Crippen LogP contribution in [0.4, 0.5) is 4.79 Å². The number of amides is 1. The molecule has 6 rings (SSSR count). The summed E-state index contributed by atoms with van der Waals surface area (Å²) >= 11 is 6.33. The maximum atomic E-state index is 13.5. The Bertz CT molecular complexity index is 1440. The largest absolute Gasteiger partial charge is 0.493 e. The molecule has 1 aromatic heterocycles. The van der Waals surface area contributed by atoms with Gasteiger partial charge in [-0.15, -0.1) is 0 Å². The molecule has 2 heterocycles. The van der Waals surface area contributed by atoms with Crippen molar-refractivity contribution < 1.29 is 14.3 Å². The Kier molecular flexibility index (Phi) is 6.12. The number of ether oxygens (including phenoxy) is 2. The number of aryl methyl sites for hydroxylation is 1. The van der Waals surface area contributed by atoms with Gasteiger partial charge in [-0.25, -0.2) is 4.79 Å². The number of hydrogen-bond acceptors (Lipinski definition) is 3. The molecule has 1 fully saturated rings. The van der Waals surface area contributed by atoms with Crippen LogP contribution in [0.3, 0.4) is 0 Å². The molecule has 5 nitrogen and oxygen atoms in total. The van der Waals surface area contributed by atoms with Gasteiger partial charge in [-0.3, -0.25) is 4.90 Å². The van der Waals surface area contributed by atoms with Gasteiger partial charge in [0, 0.05) is 33.6 Å². The zero-order chi connectivity index (χ0) is 25.6. The highest BCUT2D eigenvalue weighted by Gasteiger charge is 2.36. The molecule has 1 aliphatic heterocycles. The molecule has 37 heavy (non-hydrogen) atoms. The zero-order valence-corrected chi connectivity index (χ0v) is 22.0. The molecule has 2 aliphatic rings. The molecular formula is C31H31ClN2O3. The fourth-order valence-corrected chi connectivity index (χ4v) is 5.67. The number of carbonyl (C=O) groups is 1. The average Bonchev–Trinajstić information content (AvgIpc) is 3.25. The van der Waals surface area contributed by atoms with Crippen molar-refractivity contribution in [2.45, 2.75) is 45.6 Å². The normalized spacial score (nSPS) is 18.2. The van der Waals surface area contributed by atoms with Crippen molar-refractivity contribution in [3.05, 3.63) is 94.1 Å². The molecule has 0 saturated heterocycles. The van der Waals surface area contributed by atoms with Crippen LogP contribution in [0.15, 0.2) is 66.7 Å². The lowest BCUT2D eigenvalue weighted by atomic mass is 9.71. The number of benzene rings is 3. The number of nitrogens with one attached hydrogen (secondary N) is 1. The van der Waals surface area contributed by atoms with Gasteiger partial charge in [-0.1, -0.05) is 54.8 Å². The second kappa shape index (κ2) is 9.46. The van der Waals surface area contributed by atoms with Gasteiger partial charge in [0.05, 0.1) is 6.61 Å². The number of nitrogens with zero attached hydrogens (tertiary/aromatic N) is 1. The molecule has 1 aliphatic carbocycles. The van der Waals surface area contributed by atoms with Gasteiger partial charge in [0.2, 0.25) is 0 Å². The minimum Gasteiger partial charge on any atom is -0.493 e. The molecule has 3 aromatic carbocycles. The highest BCUT2D eigenvalue weighted by molar-refractivity contribution is 6.31. The van der Waals surface area contributed by atoms with E-state index in [0.29, 0.717) is 22.7 Å². The molecule has 1 atom stereocenters. The summed E-state index contributed by atoms with van der Waals surface area (Å²) in [6.45, 7) is 5.57. The van der Waals surface area contributed by atoms with Crippen LogP contribution in [-0.2, 0) is 6.42 Å². The SMILES string of the molecule is Cc1ccc(OC(=O)N2CCc3c([nH]c4ccc(Cl)cc34)C2c2ccc(OCC3(C)CCC3)cc2)cc1. The van der Waals surface area contributed by atoms with Crippen LogP contribution >= 0.6 is 11.6 Å². The van der Waals surface area contributed by atoms with Crippen molar-refractivity contribution in [2.75, 3.05) is 13.2 Å². The van der Waals surface area contributed by atoms with E-state index in [-0.39, 0.29) is 12.1 Å². The molecule has 1 N–H and O–H groups in total. The van der Waals surface area contributed by atoms with E-state index in [1.807, 2.05) is 66.4 Å². The van der Waals surface area contributed by atoms with E-state index >= 15 is 0 Å². The van der Waals surface area contributed by atoms with E-state index in [9.17, 15) is 4.79 Å². The highest BCUT2D eigenvalue weighted by atomic mass is 35.5. The summed E-state index contributed by atoms with van der Waals surface area (Å²) in [5, 5.41) is 1.81. The third-order valence-electron chi connectivity index (χ3n) is 7.89. The third-order valence-corrected chi connectivity index (χ3v) is 8.13. The van der Waals surface area contributed by atoms with Gasteiger partial charge in [0.15, 0.2) is 0 Å². The minimum atomic E-state index is -0.366. The van der Waals surface area contributed by atoms with Crippen LogP contribution in [0.2, 0.25) is 5.02 Å². The Morgan fingerprint density at radius 2 is 1.78 bits per heavy atom. The second-order valence-electron chi connectivity index (χ2n) is 10.8. The summed E-state index contributed by atoms with van der Waals surface area (Å²) in [5.41, 5.74) is 5.62. The van der Waals surface area contributed by atoms with E-state index in [2.05, 4.69) is 24.0 Å². The molecule has 1 amide bonds. The molecule has 0 bridgehead atoms. The average molecular weight is 515 g/mol. The first-order chi connectivity index (χ1) is 17.9. The van der Waals surface area contributed by atoms with Crippen LogP contribution in [0.5, 0.6) is 11.5 Å². The van der Waals surface area contributed by atoms with Gasteiger partial charge >= 0.3 is 6.09 Å². The van der Waals surface area contributed by atoms with Crippen molar-refractivity contribution in [3.63, 3.8) is 0 Å². The summed E-state index contributed by atoms with van der Waals surface area (Å²) in [7, 11) is 0. The number of fused-ring (bicyclic) bond motifs is 3. The van der Waals surface area contributed by atoms with Crippen LogP contribution < -0.4 is 9.47 Å². The van der Waals surface area contributed by atoms with E-state index in [1.165, 1.54) is 24.8 Å². The van der Waals surface area contributed by atoms with Crippen LogP contribution in [0.25, 0.3) is 10.9 Å². The molecular weight excluding hydrogens is 484 g/mol. The summed E-state index contributed by atoms with van der Waals surface area (Å²) < 4.78 is 11.9. The molecule has 1 unspecified atom stereocenters. The number of hydrogen-bond donors (Lipinski definition) is 1. The summed E-state index contributed by atoms with van der Waals surface area (Å²) in [5.74, 6) is 1.39. The Labute approximate surface area is 222 Å². The number of aromatic nitrogens is 1. The molecule has 190 valence electrons.